The molecule has 5 nitrogen and oxygen atoms in total. The van der Waals surface area contributed by atoms with E-state index < -0.39 is 0 Å². The summed E-state index contributed by atoms with van der Waals surface area (Å²) in [4.78, 5) is 2.31. The van der Waals surface area contributed by atoms with E-state index in [2.05, 4.69) is 91.0 Å². The molecule has 0 radical (unpaired) electrons. The SMILES string of the molecule is C=C1CC(/C(N)=C\C)=C/C(=C)c2cnn(C)c2CN(C)Cc2cccc(c2)-c2cccc(c2C)N1. The lowest BCUT2D eigenvalue weighted by atomic mass is 9.97. The van der Waals surface area contributed by atoms with Gasteiger partial charge in [0.25, 0.3) is 0 Å². The summed E-state index contributed by atoms with van der Waals surface area (Å²) >= 11 is 0. The number of nitrogens with two attached hydrogens (primary N) is 1. The topological polar surface area (TPSA) is 59.1 Å². The average molecular weight is 466 g/mol. The molecule has 180 valence electrons. The Hall–Kier alpha value is -3.83. The van der Waals surface area contributed by atoms with E-state index in [-0.39, 0.29) is 0 Å². The summed E-state index contributed by atoms with van der Waals surface area (Å²) < 4.78 is 1.93. The fraction of sp³-hybridized carbons (Fsp3) is 0.233. The Labute approximate surface area is 209 Å². The van der Waals surface area contributed by atoms with Gasteiger partial charge in [0, 0.05) is 49.2 Å². The molecular weight excluding hydrogens is 430 g/mol. The number of aryl methyl sites for hydroxylation is 1. The average Bonchev–Trinajstić information content (AvgIpc) is 3.19. The lowest BCUT2D eigenvalue weighted by molar-refractivity contribution is 0.309. The number of rotatable bonds is 1. The number of aromatic nitrogens is 2. The second-order valence-corrected chi connectivity index (χ2v) is 9.32. The third-order valence-corrected chi connectivity index (χ3v) is 6.60. The maximum atomic E-state index is 6.41. The minimum absolute atomic E-state index is 0.587. The molecule has 0 spiro atoms. The first-order valence-corrected chi connectivity index (χ1v) is 11.9. The number of nitrogens with one attached hydrogen (secondary N) is 1. The van der Waals surface area contributed by atoms with Crippen LogP contribution in [0.2, 0.25) is 0 Å². The van der Waals surface area contributed by atoms with Crippen molar-refractivity contribution in [2.75, 3.05) is 12.4 Å². The van der Waals surface area contributed by atoms with E-state index in [4.69, 9.17) is 5.73 Å². The summed E-state index contributed by atoms with van der Waals surface area (Å²) in [6.45, 7) is 14.4. The third kappa shape index (κ3) is 5.31. The first kappa shape index (κ1) is 24.3. The van der Waals surface area contributed by atoms with Gasteiger partial charge in [-0.3, -0.25) is 9.58 Å². The molecule has 4 bridgehead atoms. The Morgan fingerprint density at radius 3 is 2.63 bits per heavy atom. The largest absolute Gasteiger partial charge is 0.399 e. The molecule has 0 amide bonds. The summed E-state index contributed by atoms with van der Waals surface area (Å²) in [5.74, 6) is 0. The number of nitrogens with zero attached hydrogens (tertiary/aromatic N) is 3. The van der Waals surface area contributed by atoms with Crippen molar-refractivity contribution in [1.29, 1.82) is 0 Å². The molecule has 3 N–H and O–H groups in total. The Balaban J connectivity index is 1.84. The van der Waals surface area contributed by atoms with Gasteiger partial charge in [-0.15, -0.1) is 0 Å². The van der Waals surface area contributed by atoms with Gasteiger partial charge < -0.3 is 11.1 Å². The molecule has 35 heavy (non-hydrogen) atoms. The van der Waals surface area contributed by atoms with E-state index >= 15 is 0 Å². The van der Waals surface area contributed by atoms with Crippen molar-refractivity contribution in [2.45, 2.75) is 33.4 Å². The van der Waals surface area contributed by atoms with Crippen LogP contribution in [0.1, 0.15) is 35.7 Å². The fourth-order valence-electron chi connectivity index (χ4n) is 4.64. The molecule has 2 heterocycles. The van der Waals surface area contributed by atoms with E-state index in [0.29, 0.717) is 6.42 Å². The molecule has 5 heteroatoms. The number of benzene rings is 2. The number of fused-ring (bicyclic) bond motifs is 6. The summed E-state index contributed by atoms with van der Waals surface area (Å²) in [6, 6.07) is 15.1. The minimum atomic E-state index is 0.587. The molecule has 1 aliphatic rings. The molecule has 0 saturated carbocycles. The zero-order valence-electron chi connectivity index (χ0n) is 21.2. The summed E-state index contributed by atoms with van der Waals surface area (Å²) in [7, 11) is 4.12. The van der Waals surface area contributed by atoms with Gasteiger partial charge in [-0.1, -0.05) is 49.6 Å². The Bertz CT molecular complexity index is 1340. The van der Waals surface area contributed by atoms with Crippen molar-refractivity contribution in [3.63, 3.8) is 0 Å². The summed E-state index contributed by atoms with van der Waals surface area (Å²) in [5.41, 5.74) is 17.9. The van der Waals surface area contributed by atoms with Crippen molar-refractivity contribution < 1.29 is 0 Å². The van der Waals surface area contributed by atoms with Crippen LogP contribution in [0, 0.1) is 6.92 Å². The zero-order valence-corrected chi connectivity index (χ0v) is 21.2. The Morgan fingerprint density at radius 1 is 1.09 bits per heavy atom. The van der Waals surface area contributed by atoms with Crippen molar-refractivity contribution in [3.05, 3.63) is 113 Å². The highest BCUT2D eigenvalue weighted by Gasteiger charge is 2.16. The molecular formula is C30H35N5. The highest BCUT2D eigenvalue weighted by atomic mass is 15.3. The zero-order chi connectivity index (χ0) is 25.1. The van der Waals surface area contributed by atoms with Crippen LogP contribution in [0.3, 0.4) is 0 Å². The maximum Gasteiger partial charge on any atom is 0.0599 e. The van der Waals surface area contributed by atoms with E-state index in [0.717, 1.165) is 52.6 Å². The molecule has 0 unspecified atom stereocenters. The molecule has 2 aromatic carbocycles. The van der Waals surface area contributed by atoms with Crippen LogP contribution >= 0.6 is 0 Å². The van der Waals surface area contributed by atoms with Gasteiger partial charge in [0.2, 0.25) is 0 Å². The molecule has 0 aliphatic carbocycles. The lowest BCUT2D eigenvalue weighted by Gasteiger charge is -2.19. The van der Waals surface area contributed by atoms with Crippen LogP contribution in [0.15, 0.2) is 90.9 Å². The van der Waals surface area contributed by atoms with Crippen LogP contribution < -0.4 is 11.1 Å². The second-order valence-electron chi connectivity index (χ2n) is 9.32. The molecule has 0 fully saturated rings. The highest BCUT2D eigenvalue weighted by molar-refractivity contribution is 5.76. The fourth-order valence-corrected chi connectivity index (χ4v) is 4.64. The lowest BCUT2D eigenvalue weighted by Crippen LogP contribution is -2.20. The minimum Gasteiger partial charge on any atom is -0.399 e. The quantitative estimate of drug-likeness (QED) is 0.452. The van der Waals surface area contributed by atoms with Crippen LogP contribution in [0.25, 0.3) is 16.7 Å². The monoisotopic (exact) mass is 465 g/mol. The van der Waals surface area contributed by atoms with Gasteiger partial charge in [0.05, 0.1) is 11.9 Å². The number of hydrogen-bond acceptors (Lipinski definition) is 4. The predicted molar refractivity (Wildman–Crippen MR) is 147 cm³/mol. The molecule has 0 saturated heterocycles. The third-order valence-electron chi connectivity index (χ3n) is 6.60. The van der Waals surface area contributed by atoms with Crippen LogP contribution in [0.4, 0.5) is 5.69 Å². The first-order valence-electron chi connectivity index (χ1n) is 11.9. The number of allylic oxidation sites excluding steroid dienone is 5. The van der Waals surface area contributed by atoms with Crippen molar-refractivity contribution in [3.8, 4) is 11.1 Å². The Morgan fingerprint density at radius 2 is 1.86 bits per heavy atom. The smallest absolute Gasteiger partial charge is 0.0599 e. The van der Waals surface area contributed by atoms with Gasteiger partial charge >= 0.3 is 0 Å². The summed E-state index contributed by atoms with van der Waals surface area (Å²) in [5, 5.41) is 8.07. The molecule has 3 aromatic rings. The van der Waals surface area contributed by atoms with E-state index in [1.165, 1.54) is 22.3 Å². The van der Waals surface area contributed by atoms with E-state index in [1.54, 1.807) is 0 Å². The maximum absolute atomic E-state index is 6.41. The highest BCUT2D eigenvalue weighted by Crippen LogP contribution is 2.32. The van der Waals surface area contributed by atoms with Crippen molar-refractivity contribution >= 4 is 11.3 Å². The normalized spacial score (nSPS) is 17.3. The molecule has 1 aromatic heterocycles. The number of anilines is 1. The van der Waals surface area contributed by atoms with Gasteiger partial charge in [0.1, 0.15) is 0 Å². The van der Waals surface area contributed by atoms with Crippen LogP contribution in [0.5, 0.6) is 0 Å². The molecule has 4 rings (SSSR count). The first-order chi connectivity index (χ1) is 16.8. The van der Waals surface area contributed by atoms with Gasteiger partial charge in [-0.05, 0) is 72.5 Å². The van der Waals surface area contributed by atoms with Crippen LogP contribution in [-0.4, -0.2) is 21.7 Å². The molecule has 0 atom stereocenters. The second kappa shape index (κ2) is 10.2. The summed E-state index contributed by atoms with van der Waals surface area (Å²) in [6.07, 6.45) is 6.46. The Kier molecular flexibility index (Phi) is 7.08. The van der Waals surface area contributed by atoms with Gasteiger partial charge in [-0.25, -0.2) is 0 Å². The molecule has 1 aliphatic heterocycles. The van der Waals surface area contributed by atoms with E-state index in [9.17, 15) is 0 Å². The van der Waals surface area contributed by atoms with Gasteiger partial charge in [0.15, 0.2) is 0 Å². The van der Waals surface area contributed by atoms with Gasteiger partial charge in [-0.2, -0.15) is 5.10 Å². The van der Waals surface area contributed by atoms with Crippen LogP contribution in [-0.2, 0) is 20.1 Å². The van der Waals surface area contributed by atoms with E-state index in [1.807, 2.05) is 30.9 Å². The van der Waals surface area contributed by atoms with Crippen molar-refractivity contribution in [1.82, 2.24) is 14.7 Å². The standard InChI is InChI=1S/C30H35N5/c1-7-28(31)25-14-20(2)27-17-32-35(6)30(27)19-34(5)18-23-10-8-11-24(16-23)26-12-9-13-29(22(26)4)33-21(3)15-25/h7-14,16-17,33H,2-3,15,18-19,31H2,1,4-6H3/b25-14-,28-7+. The number of hydrogen-bond donors (Lipinski definition) is 2. The predicted octanol–water partition coefficient (Wildman–Crippen LogP) is 6.16. The van der Waals surface area contributed by atoms with Crippen molar-refractivity contribution in [2.24, 2.45) is 12.8 Å².